The zero-order valence-electron chi connectivity index (χ0n) is 18.8. The molecule has 2 heterocycles. The molecule has 6 nitrogen and oxygen atoms in total. The minimum Gasteiger partial charge on any atom is -0.483 e. The first-order chi connectivity index (χ1) is 15.6. The van der Waals surface area contributed by atoms with Crippen molar-refractivity contribution in [3.8, 4) is 17.0 Å². The predicted octanol–water partition coefficient (Wildman–Crippen LogP) is 5.27. The molecule has 0 saturated carbocycles. The highest BCUT2D eigenvalue weighted by Crippen LogP contribution is 2.26. The summed E-state index contributed by atoms with van der Waals surface area (Å²) in [6, 6.07) is 19.5. The van der Waals surface area contributed by atoms with E-state index in [1.54, 1.807) is 0 Å². The highest BCUT2D eigenvalue weighted by molar-refractivity contribution is 5.92. The van der Waals surface area contributed by atoms with E-state index < -0.39 is 0 Å². The largest absolute Gasteiger partial charge is 0.483 e. The van der Waals surface area contributed by atoms with Gasteiger partial charge in [0.2, 0.25) is 0 Å². The van der Waals surface area contributed by atoms with Gasteiger partial charge in [-0.3, -0.25) is 4.79 Å². The molecule has 0 unspecified atom stereocenters. The van der Waals surface area contributed by atoms with E-state index in [1.807, 2.05) is 60.7 Å². The van der Waals surface area contributed by atoms with Crippen LogP contribution in [0.25, 0.3) is 11.3 Å². The zero-order valence-corrected chi connectivity index (χ0v) is 18.8. The molecular formula is C26H30N4O2. The summed E-state index contributed by atoms with van der Waals surface area (Å²) in [6.07, 6.45) is 3.70. The van der Waals surface area contributed by atoms with Crippen molar-refractivity contribution in [2.45, 2.75) is 39.0 Å². The Morgan fingerprint density at radius 3 is 2.56 bits per heavy atom. The lowest BCUT2D eigenvalue weighted by atomic mass is 10.0. The first-order valence-corrected chi connectivity index (χ1v) is 11.3. The quantitative estimate of drug-likeness (QED) is 0.553. The van der Waals surface area contributed by atoms with Crippen molar-refractivity contribution in [3.05, 3.63) is 66.2 Å². The van der Waals surface area contributed by atoms with Crippen molar-refractivity contribution >= 4 is 17.4 Å². The molecule has 3 aromatic rings. The molecule has 166 valence electrons. The Labute approximate surface area is 189 Å². The number of para-hydroxylation sites is 1. The number of rotatable bonds is 7. The Kier molecular flexibility index (Phi) is 7.00. The fraction of sp³-hybridized carbons (Fsp3) is 0.346. The van der Waals surface area contributed by atoms with Gasteiger partial charge in [-0.2, -0.15) is 0 Å². The van der Waals surface area contributed by atoms with E-state index in [1.165, 1.54) is 19.3 Å². The number of anilines is 2. The van der Waals surface area contributed by atoms with Gasteiger partial charge < -0.3 is 15.0 Å². The number of nitrogens with zero attached hydrogens (tertiary/aromatic N) is 3. The molecule has 0 atom stereocenters. The van der Waals surface area contributed by atoms with Gasteiger partial charge in [0.15, 0.2) is 12.4 Å². The van der Waals surface area contributed by atoms with Gasteiger partial charge in [0.25, 0.3) is 5.91 Å². The Balaban J connectivity index is 1.38. The van der Waals surface area contributed by atoms with Crippen LogP contribution < -0.4 is 15.0 Å². The van der Waals surface area contributed by atoms with Gasteiger partial charge in [-0.25, -0.2) is 0 Å². The fourth-order valence-corrected chi connectivity index (χ4v) is 3.96. The number of amides is 1. The minimum atomic E-state index is -0.202. The molecule has 1 aliphatic heterocycles. The molecule has 1 amide bonds. The lowest BCUT2D eigenvalue weighted by Gasteiger charge is -2.27. The van der Waals surface area contributed by atoms with Crippen LogP contribution in [-0.4, -0.2) is 35.8 Å². The normalized spacial score (nSPS) is 13.8. The Morgan fingerprint density at radius 2 is 1.81 bits per heavy atom. The lowest BCUT2D eigenvalue weighted by molar-refractivity contribution is -0.118. The molecule has 1 saturated heterocycles. The number of piperidine rings is 1. The number of carbonyl (C=O) groups is 1. The van der Waals surface area contributed by atoms with E-state index in [-0.39, 0.29) is 12.5 Å². The second kappa shape index (κ2) is 10.3. The van der Waals surface area contributed by atoms with Crippen LogP contribution in [0.3, 0.4) is 0 Å². The maximum absolute atomic E-state index is 12.5. The summed E-state index contributed by atoms with van der Waals surface area (Å²) < 4.78 is 5.78. The molecule has 0 radical (unpaired) electrons. The van der Waals surface area contributed by atoms with Gasteiger partial charge in [0.1, 0.15) is 5.75 Å². The first-order valence-electron chi connectivity index (χ1n) is 11.3. The molecule has 1 fully saturated rings. The van der Waals surface area contributed by atoms with Crippen molar-refractivity contribution in [2.24, 2.45) is 0 Å². The van der Waals surface area contributed by atoms with E-state index in [9.17, 15) is 4.79 Å². The number of benzene rings is 2. The molecule has 4 rings (SSSR count). The molecule has 1 aromatic heterocycles. The predicted molar refractivity (Wildman–Crippen MR) is 128 cm³/mol. The van der Waals surface area contributed by atoms with E-state index in [0.29, 0.717) is 11.6 Å². The van der Waals surface area contributed by atoms with Crippen LogP contribution >= 0.6 is 0 Å². The van der Waals surface area contributed by atoms with Crippen molar-refractivity contribution in [1.82, 2.24) is 10.2 Å². The third-order valence-corrected chi connectivity index (χ3v) is 5.67. The number of aromatic nitrogens is 2. The van der Waals surface area contributed by atoms with Crippen LogP contribution in [0.2, 0.25) is 0 Å². The average Bonchev–Trinajstić information content (AvgIpc) is 2.84. The van der Waals surface area contributed by atoms with Crippen LogP contribution in [0.5, 0.6) is 5.75 Å². The van der Waals surface area contributed by atoms with Crippen LogP contribution in [0.15, 0.2) is 60.7 Å². The number of ether oxygens (including phenoxy) is 1. The smallest absolute Gasteiger partial charge is 0.262 e. The molecule has 6 heteroatoms. The third-order valence-electron chi connectivity index (χ3n) is 5.67. The summed E-state index contributed by atoms with van der Waals surface area (Å²) >= 11 is 0. The Bertz CT molecular complexity index is 1040. The first kappa shape index (κ1) is 21.8. The molecule has 0 aliphatic carbocycles. The van der Waals surface area contributed by atoms with Gasteiger partial charge >= 0.3 is 0 Å². The van der Waals surface area contributed by atoms with E-state index in [0.717, 1.165) is 41.5 Å². The molecule has 0 spiro atoms. The van der Waals surface area contributed by atoms with Crippen molar-refractivity contribution in [3.63, 3.8) is 0 Å². The van der Waals surface area contributed by atoms with Gasteiger partial charge in [-0.05, 0) is 61.1 Å². The summed E-state index contributed by atoms with van der Waals surface area (Å²) in [5, 5.41) is 11.8. The average molecular weight is 431 g/mol. The number of hydrogen-bond donors (Lipinski definition) is 1. The maximum Gasteiger partial charge on any atom is 0.262 e. The minimum absolute atomic E-state index is 0.0434. The van der Waals surface area contributed by atoms with Crippen LogP contribution in [0.1, 0.15) is 44.6 Å². The van der Waals surface area contributed by atoms with Crippen molar-refractivity contribution < 1.29 is 9.53 Å². The van der Waals surface area contributed by atoms with Crippen LogP contribution in [-0.2, 0) is 4.79 Å². The molecular weight excluding hydrogens is 400 g/mol. The van der Waals surface area contributed by atoms with E-state index >= 15 is 0 Å². The standard InChI is InChI=1S/C26H30N4O2/c1-19(2)22-11-4-5-12-24(22)32-18-26(31)27-21-10-8-9-20(17-21)23-13-14-25(29-28-23)30-15-6-3-7-16-30/h4-5,8-14,17,19H,3,6-7,15-16,18H2,1-2H3,(H,27,31). The third kappa shape index (κ3) is 5.44. The summed E-state index contributed by atoms with van der Waals surface area (Å²) in [6.45, 7) is 6.25. The maximum atomic E-state index is 12.5. The van der Waals surface area contributed by atoms with Gasteiger partial charge in [0, 0.05) is 24.3 Å². The summed E-state index contributed by atoms with van der Waals surface area (Å²) in [4.78, 5) is 14.8. The number of hydrogen-bond acceptors (Lipinski definition) is 5. The van der Waals surface area contributed by atoms with Gasteiger partial charge in [0.05, 0.1) is 5.69 Å². The molecule has 1 aliphatic rings. The summed E-state index contributed by atoms with van der Waals surface area (Å²) in [5.74, 6) is 1.80. The molecule has 0 bridgehead atoms. The highest BCUT2D eigenvalue weighted by Gasteiger charge is 2.13. The Morgan fingerprint density at radius 1 is 1.00 bits per heavy atom. The zero-order chi connectivity index (χ0) is 22.3. The van der Waals surface area contributed by atoms with Crippen LogP contribution in [0.4, 0.5) is 11.5 Å². The monoisotopic (exact) mass is 430 g/mol. The summed E-state index contributed by atoms with van der Waals surface area (Å²) in [7, 11) is 0. The number of nitrogens with one attached hydrogen (secondary N) is 1. The second-order valence-electron chi connectivity index (χ2n) is 8.43. The molecule has 32 heavy (non-hydrogen) atoms. The molecule has 1 N–H and O–H groups in total. The summed E-state index contributed by atoms with van der Waals surface area (Å²) in [5.41, 5.74) is 3.49. The van der Waals surface area contributed by atoms with E-state index in [4.69, 9.17) is 4.74 Å². The van der Waals surface area contributed by atoms with E-state index in [2.05, 4.69) is 34.3 Å². The Hall–Kier alpha value is -3.41. The molecule has 2 aromatic carbocycles. The van der Waals surface area contributed by atoms with Gasteiger partial charge in [-0.15, -0.1) is 10.2 Å². The van der Waals surface area contributed by atoms with Crippen LogP contribution in [0, 0.1) is 0 Å². The van der Waals surface area contributed by atoms with Gasteiger partial charge in [-0.1, -0.05) is 44.2 Å². The van der Waals surface area contributed by atoms with Crippen molar-refractivity contribution in [2.75, 3.05) is 29.9 Å². The second-order valence-corrected chi connectivity index (χ2v) is 8.43. The fourth-order valence-electron chi connectivity index (χ4n) is 3.96. The SMILES string of the molecule is CC(C)c1ccccc1OCC(=O)Nc1cccc(-c2ccc(N3CCCCC3)nn2)c1. The highest BCUT2D eigenvalue weighted by atomic mass is 16.5. The lowest BCUT2D eigenvalue weighted by Crippen LogP contribution is -2.30. The topological polar surface area (TPSA) is 67.3 Å². The van der Waals surface area contributed by atoms with Crippen molar-refractivity contribution in [1.29, 1.82) is 0 Å². The number of carbonyl (C=O) groups excluding carboxylic acids is 1.